The van der Waals surface area contributed by atoms with E-state index in [1.54, 1.807) is 30.3 Å². The molecule has 0 fully saturated rings. The molecule has 0 atom stereocenters. The number of rotatable bonds is 1. The maximum absolute atomic E-state index is 11.3. The average Bonchev–Trinajstić information content (AvgIpc) is 2.26. The number of nitrogens with two attached hydrogens (primary N) is 1. The lowest BCUT2D eigenvalue weighted by Crippen LogP contribution is -2.44. The molecule has 0 aliphatic heterocycles. The molecule has 0 saturated heterocycles. The molecule has 0 aliphatic carbocycles. The van der Waals surface area contributed by atoms with Crippen LogP contribution in [0.5, 0.6) is 0 Å². The zero-order valence-corrected chi connectivity index (χ0v) is 9.51. The number of nitrogens with one attached hydrogen (secondary N) is 4. The summed E-state index contributed by atoms with van der Waals surface area (Å²) in [7, 11) is 0. The smallest absolute Gasteiger partial charge is 0.362 e. The third-order valence-electron chi connectivity index (χ3n) is 1.51. The maximum atomic E-state index is 11.3. The Hall–Kier alpha value is -2.28. The van der Waals surface area contributed by atoms with Gasteiger partial charge in [0.25, 0.3) is 0 Å². The minimum Gasteiger partial charge on any atom is -0.370 e. The zero-order chi connectivity index (χ0) is 12.0. The Morgan fingerprint density at radius 1 is 1.24 bits per heavy atom. The van der Waals surface area contributed by atoms with Gasteiger partial charge >= 0.3 is 5.97 Å². The zero-order valence-electron chi connectivity index (χ0n) is 8.69. The van der Waals surface area contributed by atoms with Gasteiger partial charge in [-0.25, -0.2) is 4.79 Å². The number of halogens is 1. The van der Waals surface area contributed by atoms with Crippen molar-refractivity contribution in [3.8, 4) is 0 Å². The summed E-state index contributed by atoms with van der Waals surface area (Å²) < 4.78 is 0. The van der Waals surface area contributed by atoms with Gasteiger partial charge in [0.05, 0.1) is 5.56 Å². The van der Waals surface area contributed by atoms with Gasteiger partial charge in [-0.05, 0) is 12.1 Å². The van der Waals surface area contributed by atoms with Crippen LogP contribution in [0.2, 0.25) is 0 Å². The monoisotopic (exact) mass is 257 g/mol. The van der Waals surface area contributed by atoms with E-state index in [0.29, 0.717) is 5.56 Å². The van der Waals surface area contributed by atoms with E-state index >= 15 is 0 Å². The molecule has 1 rings (SSSR count). The standard InChI is InChI=1S/C9H11N5O2.ClH/c10-8(11)13-9(12)14-16-7(15)6-4-2-1-3-5-6;/h1-5H,(H6,10,11,12,13,14);1H. The van der Waals surface area contributed by atoms with Crippen LogP contribution in [0.1, 0.15) is 10.4 Å². The van der Waals surface area contributed by atoms with E-state index in [2.05, 4.69) is 10.2 Å². The van der Waals surface area contributed by atoms with Gasteiger partial charge in [0.2, 0.25) is 5.96 Å². The topological polar surface area (TPSA) is 124 Å². The minimum atomic E-state index is -0.629. The predicted octanol–water partition coefficient (Wildman–Crippen LogP) is 0.188. The molecule has 0 bridgehead atoms. The van der Waals surface area contributed by atoms with Crippen molar-refractivity contribution in [1.29, 1.82) is 10.8 Å². The van der Waals surface area contributed by atoms with Crippen LogP contribution in [0.4, 0.5) is 0 Å². The van der Waals surface area contributed by atoms with Crippen molar-refractivity contribution >= 4 is 30.3 Å². The lowest BCUT2D eigenvalue weighted by Gasteiger charge is -2.08. The second-order valence-corrected chi connectivity index (χ2v) is 2.77. The summed E-state index contributed by atoms with van der Waals surface area (Å²) >= 11 is 0. The Labute approximate surface area is 104 Å². The minimum absolute atomic E-state index is 0. The molecule has 92 valence electrons. The second-order valence-electron chi connectivity index (χ2n) is 2.77. The van der Waals surface area contributed by atoms with Crippen molar-refractivity contribution in [2.24, 2.45) is 5.73 Å². The number of hydrogen-bond acceptors (Lipinski definition) is 4. The van der Waals surface area contributed by atoms with Gasteiger partial charge in [-0.3, -0.25) is 16.1 Å². The molecule has 1 aromatic rings. The lowest BCUT2D eigenvalue weighted by atomic mass is 10.2. The van der Waals surface area contributed by atoms with Gasteiger partial charge in [0.1, 0.15) is 0 Å². The fourth-order valence-corrected chi connectivity index (χ4v) is 0.891. The Morgan fingerprint density at radius 3 is 2.35 bits per heavy atom. The molecule has 0 heterocycles. The first-order chi connectivity index (χ1) is 7.59. The molecule has 1 aromatic carbocycles. The lowest BCUT2D eigenvalue weighted by molar-refractivity contribution is 0.0380. The first-order valence-corrected chi connectivity index (χ1v) is 4.31. The third-order valence-corrected chi connectivity index (χ3v) is 1.51. The van der Waals surface area contributed by atoms with E-state index in [1.165, 1.54) is 0 Å². The van der Waals surface area contributed by atoms with E-state index in [1.807, 2.05) is 5.48 Å². The SMILES string of the molecule is Cl.N=C(N)NC(=N)NOC(=O)c1ccccc1. The highest BCUT2D eigenvalue weighted by Gasteiger charge is 2.07. The number of hydroxylamine groups is 1. The van der Waals surface area contributed by atoms with Crippen molar-refractivity contribution in [2.75, 3.05) is 0 Å². The number of benzene rings is 1. The molecule has 7 nitrogen and oxygen atoms in total. The summed E-state index contributed by atoms with van der Waals surface area (Å²) in [4.78, 5) is 15.9. The Bertz CT molecular complexity index is 409. The van der Waals surface area contributed by atoms with Gasteiger partial charge < -0.3 is 10.6 Å². The van der Waals surface area contributed by atoms with Crippen molar-refractivity contribution in [3.05, 3.63) is 35.9 Å². The van der Waals surface area contributed by atoms with E-state index in [-0.39, 0.29) is 12.4 Å². The molecule has 0 saturated carbocycles. The van der Waals surface area contributed by atoms with Crippen molar-refractivity contribution < 1.29 is 9.63 Å². The summed E-state index contributed by atoms with van der Waals surface area (Å²) in [5.41, 5.74) is 7.33. The van der Waals surface area contributed by atoms with Crippen LogP contribution >= 0.6 is 12.4 Å². The average molecular weight is 258 g/mol. The highest BCUT2D eigenvalue weighted by molar-refractivity contribution is 5.95. The molecule has 0 amide bonds. The quantitative estimate of drug-likeness (QED) is 0.279. The molecule has 0 spiro atoms. The van der Waals surface area contributed by atoms with Crippen molar-refractivity contribution in [3.63, 3.8) is 0 Å². The first kappa shape index (κ1) is 14.7. The fourth-order valence-electron chi connectivity index (χ4n) is 0.891. The van der Waals surface area contributed by atoms with Gasteiger partial charge in [-0.1, -0.05) is 18.2 Å². The number of hydrogen-bond donors (Lipinski definition) is 5. The Morgan fingerprint density at radius 2 is 1.82 bits per heavy atom. The van der Waals surface area contributed by atoms with E-state index < -0.39 is 17.9 Å². The largest absolute Gasteiger partial charge is 0.370 e. The van der Waals surface area contributed by atoms with Crippen LogP contribution < -0.4 is 16.5 Å². The van der Waals surface area contributed by atoms with Gasteiger partial charge in [-0.2, -0.15) is 5.48 Å². The molecule has 0 aromatic heterocycles. The van der Waals surface area contributed by atoms with Crippen LogP contribution in [0.15, 0.2) is 30.3 Å². The Balaban J connectivity index is 0.00000256. The van der Waals surface area contributed by atoms with Crippen LogP contribution in [0, 0.1) is 10.8 Å². The van der Waals surface area contributed by atoms with E-state index in [9.17, 15) is 4.79 Å². The summed E-state index contributed by atoms with van der Waals surface area (Å²) in [5, 5.41) is 16.1. The van der Waals surface area contributed by atoms with Crippen molar-refractivity contribution in [2.45, 2.75) is 0 Å². The number of carbonyl (C=O) groups is 1. The molecule has 0 radical (unpaired) electrons. The van der Waals surface area contributed by atoms with E-state index in [0.717, 1.165) is 0 Å². The second kappa shape index (κ2) is 7.07. The van der Waals surface area contributed by atoms with Gasteiger partial charge in [0, 0.05) is 0 Å². The molecular formula is C9H12ClN5O2. The van der Waals surface area contributed by atoms with Gasteiger partial charge in [0.15, 0.2) is 5.96 Å². The fraction of sp³-hybridized carbons (Fsp3) is 0. The van der Waals surface area contributed by atoms with Crippen LogP contribution in [-0.2, 0) is 4.84 Å². The number of guanidine groups is 2. The van der Waals surface area contributed by atoms with Crippen LogP contribution in [0.3, 0.4) is 0 Å². The van der Waals surface area contributed by atoms with Gasteiger partial charge in [-0.15, -0.1) is 12.4 Å². The van der Waals surface area contributed by atoms with E-state index in [4.69, 9.17) is 16.6 Å². The molecule has 17 heavy (non-hydrogen) atoms. The maximum Gasteiger partial charge on any atom is 0.362 e. The Kier molecular flexibility index (Phi) is 6.12. The van der Waals surface area contributed by atoms with Crippen LogP contribution in [0.25, 0.3) is 0 Å². The highest BCUT2D eigenvalue weighted by atomic mass is 35.5. The molecule has 8 heteroatoms. The predicted molar refractivity (Wildman–Crippen MR) is 65.0 cm³/mol. The van der Waals surface area contributed by atoms with Crippen molar-refractivity contribution in [1.82, 2.24) is 10.8 Å². The molecule has 0 unspecified atom stereocenters. The first-order valence-electron chi connectivity index (χ1n) is 4.31. The summed E-state index contributed by atoms with van der Waals surface area (Å²) in [6.07, 6.45) is 0. The molecule has 6 N–H and O–H groups in total. The van der Waals surface area contributed by atoms with Crippen LogP contribution in [-0.4, -0.2) is 17.9 Å². The molecule has 0 aliphatic rings. The third kappa shape index (κ3) is 5.38. The summed E-state index contributed by atoms with van der Waals surface area (Å²) in [5.74, 6) is -1.44. The molecular weight excluding hydrogens is 246 g/mol. The summed E-state index contributed by atoms with van der Waals surface area (Å²) in [6, 6.07) is 8.30. The normalized spacial score (nSPS) is 8.47. The summed E-state index contributed by atoms with van der Waals surface area (Å²) in [6.45, 7) is 0. The highest BCUT2D eigenvalue weighted by Crippen LogP contribution is 1.99. The number of carbonyl (C=O) groups excluding carboxylic acids is 1.